The Morgan fingerprint density at radius 1 is 1.18 bits per heavy atom. The minimum Gasteiger partial charge on any atom is -0.327 e. The summed E-state index contributed by atoms with van der Waals surface area (Å²) in [6, 6.07) is 12.1. The van der Waals surface area contributed by atoms with E-state index in [1.807, 2.05) is 38.6 Å². The van der Waals surface area contributed by atoms with Crippen LogP contribution >= 0.6 is 23.6 Å². The van der Waals surface area contributed by atoms with Crippen LogP contribution in [0.25, 0.3) is 5.69 Å². The third-order valence-corrected chi connectivity index (χ3v) is 6.41. The van der Waals surface area contributed by atoms with Crippen molar-refractivity contribution in [2.24, 2.45) is 0 Å². The quantitative estimate of drug-likeness (QED) is 0.665. The first-order valence-electron chi connectivity index (χ1n) is 9.43. The molecule has 1 fully saturated rings. The Labute approximate surface area is 173 Å². The first-order chi connectivity index (χ1) is 13.5. The fourth-order valence-electron chi connectivity index (χ4n) is 3.56. The second-order valence-corrected chi connectivity index (χ2v) is 8.49. The summed E-state index contributed by atoms with van der Waals surface area (Å²) in [5.41, 5.74) is 2.26. The van der Waals surface area contributed by atoms with Crippen molar-refractivity contribution < 1.29 is 9.69 Å². The molecule has 1 aromatic carbocycles. The average Bonchev–Trinajstić information content (AvgIpc) is 3.32. The number of rotatable bonds is 4. The summed E-state index contributed by atoms with van der Waals surface area (Å²) in [5, 5.41) is 6.62. The van der Waals surface area contributed by atoms with Crippen molar-refractivity contribution in [3.8, 4) is 5.69 Å². The van der Waals surface area contributed by atoms with Crippen molar-refractivity contribution in [1.82, 2.24) is 19.2 Å². The monoisotopic (exact) mass is 414 g/mol. The van der Waals surface area contributed by atoms with Gasteiger partial charge in [-0.05, 0) is 49.6 Å². The highest BCUT2D eigenvalue weighted by atomic mass is 32.1. The third kappa shape index (κ3) is 3.80. The van der Waals surface area contributed by atoms with Crippen LogP contribution < -0.4 is 4.90 Å². The molecule has 0 bridgehead atoms. The number of carbonyl (C=O) groups excluding carboxylic acids is 1. The molecule has 1 N–H and O–H groups in total. The van der Waals surface area contributed by atoms with Gasteiger partial charge in [-0.3, -0.25) is 9.36 Å². The summed E-state index contributed by atoms with van der Waals surface area (Å²) in [6.45, 7) is 8.10. The number of nitrogens with one attached hydrogen (secondary N) is 1. The molecule has 0 saturated carbocycles. The maximum atomic E-state index is 12.5. The first kappa shape index (κ1) is 19.0. The van der Waals surface area contributed by atoms with Crippen LogP contribution in [-0.2, 0) is 6.67 Å². The second kappa shape index (κ2) is 7.98. The van der Waals surface area contributed by atoms with Crippen molar-refractivity contribution in [3.05, 3.63) is 62.8 Å². The van der Waals surface area contributed by atoms with E-state index >= 15 is 0 Å². The number of benzene rings is 1. The van der Waals surface area contributed by atoms with Crippen LogP contribution in [0.1, 0.15) is 21.1 Å². The molecule has 0 aliphatic carbocycles. The Morgan fingerprint density at radius 2 is 1.89 bits per heavy atom. The Morgan fingerprint density at radius 3 is 2.54 bits per heavy atom. The van der Waals surface area contributed by atoms with E-state index in [2.05, 4.69) is 36.3 Å². The maximum absolute atomic E-state index is 12.5. The van der Waals surface area contributed by atoms with Crippen LogP contribution in [0.15, 0.2) is 41.8 Å². The van der Waals surface area contributed by atoms with Crippen molar-refractivity contribution in [3.63, 3.8) is 0 Å². The molecule has 0 atom stereocenters. The maximum Gasteiger partial charge on any atom is 0.264 e. The van der Waals surface area contributed by atoms with Crippen LogP contribution in [0, 0.1) is 18.6 Å². The molecule has 146 valence electrons. The van der Waals surface area contributed by atoms with Crippen molar-refractivity contribution in [2.75, 3.05) is 26.2 Å². The SMILES string of the molecule is Cc1ccc(-n2c(C)nn(C[NH+]3CCN(C(=O)c4cccs4)CC3)c2=S)cc1. The zero-order valence-electron chi connectivity index (χ0n) is 16.1. The Hall–Kier alpha value is -2.29. The van der Waals surface area contributed by atoms with Gasteiger partial charge in [0.1, 0.15) is 5.82 Å². The Bertz CT molecular complexity index is 1010. The summed E-state index contributed by atoms with van der Waals surface area (Å²) in [5.74, 6) is 1.03. The van der Waals surface area contributed by atoms with Gasteiger partial charge in [0.25, 0.3) is 5.91 Å². The van der Waals surface area contributed by atoms with Gasteiger partial charge in [-0.15, -0.1) is 11.3 Å². The average molecular weight is 415 g/mol. The molecule has 3 heterocycles. The Balaban J connectivity index is 1.43. The highest BCUT2D eigenvalue weighted by molar-refractivity contribution is 7.71. The van der Waals surface area contributed by atoms with Crippen molar-refractivity contribution in [1.29, 1.82) is 0 Å². The highest BCUT2D eigenvalue weighted by Crippen LogP contribution is 2.13. The molecule has 2 aromatic heterocycles. The van der Waals surface area contributed by atoms with E-state index in [1.54, 1.807) is 0 Å². The van der Waals surface area contributed by atoms with E-state index in [0.717, 1.165) is 49.2 Å². The van der Waals surface area contributed by atoms with Crippen LogP contribution in [0.4, 0.5) is 0 Å². The molecular weight excluding hydrogens is 390 g/mol. The van der Waals surface area contributed by atoms with Crippen molar-refractivity contribution >= 4 is 29.5 Å². The van der Waals surface area contributed by atoms with E-state index in [-0.39, 0.29) is 5.91 Å². The molecule has 1 amide bonds. The van der Waals surface area contributed by atoms with E-state index in [9.17, 15) is 4.79 Å². The number of thiophene rings is 1. The number of aryl methyl sites for hydroxylation is 2. The fourth-order valence-corrected chi connectivity index (χ4v) is 4.60. The number of nitrogens with zero attached hydrogens (tertiary/aromatic N) is 4. The molecule has 0 spiro atoms. The lowest BCUT2D eigenvalue weighted by molar-refractivity contribution is -0.927. The van der Waals surface area contributed by atoms with Gasteiger partial charge in [-0.1, -0.05) is 23.8 Å². The third-order valence-electron chi connectivity index (χ3n) is 5.16. The van der Waals surface area contributed by atoms with Crippen LogP contribution in [-0.4, -0.2) is 51.3 Å². The predicted octanol–water partition coefficient (Wildman–Crippen LogP) is 2.08. The number of carbonyl (C=O) groups is 1. The lowest BCUT2D eigenvalue weighted by atomic mass is 10.2. The van der Waals surface area contributed by atoms with E-state index in [0.29, 0.717) is 4.77 Å². The van der Waals surface area contributed by atoms with Crippen LogP contribution in [0.5, 0.6) is 0 Å². The lowest BCUT2D eigenvalue weighted by Crippen LogP contribution is -3.14. The number of quaternary nitrogens is 1. The summed E-state index contributed by atoms with van der Waals surface area (Å²) < 4.78 is 4.65. The van der Waals surface area contributed by atoms with Gasteiger partial charge in [0.2, 0.25) is 4.77 Å². The molecule has 1 aliphatic rings. The van der Waals surface area contributed by atoms with Gasteiger partial charge >= 0.3 is 0 Å². The molecule has 0 unspecified atom stereocenters. The molecule has 6 nitrogen and oxygen atoms in total. The zero-order chi connectivity index (χ0) is 19.7. The molecule has 3 aromatic rings. The van der Waals surface area contributed by atoms with E-state index < -0.39 is 0 Å². The molecule has 4 rings (SSSR count). The number of hydrogen-bond acceptors (Lipinski definition) is 4. The van der Waals surface area contributed by atoms with Gasteiger partial charge in [-0.2, -0.15) is 9.78 Å². The summed E-state index contributed by atoms with van der Waals surface area (Å²) >= 11 is 7.21. The van der Waals surface area contributed by atoms with Crippen molar-refractivity contribution in [2.45, 2.75) is 20.5 Å². The molecule has 8 heteroatoms. The smallest absolute Gasteiger partial charge is 0.264 e. The molecular formula is C20H24N5OS2+. The summed E-state index contributed by atoms with van der Waals surface area (Å²) in [4.78, 5) is 16.7. The number of aromatic nitrogens is 3. The Kier molecular flexibility index (Phi) is 5.43. The number of amides is 1. The predicted molar refractivity (Wildman–Crippen MR) is 113 cm³/mol. The molecule has 28 heavy (non-hydrogen) atoms. The first-order valence-corrected chi connectivity index (χ1v) is 10.7. The lowest BCUT2D eigenvalue weighted by Gasteiger charge is -2.31. The molecule has 1 saturated heterocycles. The highest BCUT2D eigenvalue weighted by Gasteiger charge is 2.25. The minimum absolute atomic E-state index is 0.144. The molecule has 0 radical (unpaired) electrons. The second-order valence-electron chi connectivity index (χ2n) is 7.18. The summed E-state index contributed by atoms with van der Waals surface area (Å²) in [6.07, 6.45) is 0. The standard InChI is InChI=1S/C20H23N5OS2/c1-15-5-7-17(8-6-15)25-16(2)21-24(20(25)27)14-22-9-11-23(12-10-22)19(26)18-4-3-13-28-18/h3-8,13H,9-12,14H2,1-2H3/p+1. The number of piperazine rings is 1. The van der Waals surface area contributed by atoms with Crippen LogP contribution in [0.3, 0.4) is 0 Å². The van der Waals surface area contributed by atoms with Gasteiger partial charge in [0.15, 0.2) is 6.67 Å². The van der Waals surface area contributed by atoms with Gasteiger partial charge in [0.05, 0.1) is 31.1 Å². The largest absolute Gasteiger partial charge is 0.327 e. The topological polar surface area (TPSA) is 47.5 Å². The zero-order valence-corrected chi connectivity index (χ0v) is 17.7. The minimum atomic E-state index is 0.144. The van der Waals surface area contributed by atoms with Crippen LogP contribution in [0.2, 0.25) is 0 Å². The van der Waals surface area contributed by atoms with Gasteiger partial charge in [-0.25, -0.2) is 0 Å². The molecule has 1 aliphatic heterocycles. The van der Waals surface area contributed by atoms with E-state index in [1.165, 1.54) is 21.8 Å². The normalized spacial score (nSPS) is 15.1. The van der Waals surface area contributed by atoms with Gasteiger partial charge < -0.3 is 9.80 Å². The van der Waals surface area contributed by atoms with E-state index in [4.69, 9.17) is 12.2 Å². The summed E-state index contributed by atoms with van der Waals surface area (Å²) in [7, 11) is 0. The fraction of sp³-hybridized carbons (Fsp3) is 0.350. The van der Waals surface area contributed by atoms with Gasteiger partial charge in [0, 0.05) is 5.69 Å². The number of hydrogen-bond donors (Lipinski definition) is 1.